The number of H-pyrrole nitrogens is 1. The highest BCUT2D eigenvalue weighted by Gasteiger charge is 2.05. The molecule has 3 heteroatoms. The zero-order valence-corrected chi connectivity index (χ0v) is 11.1. The number of nitrogens with one attached hydrogen (secondary N) is 1. The van der Waals surface area contributed by atoms with E-state index in [0.29, 0.717) is 12.0 Å². The largest absolute Gasteiger partial charge is 0.358 e. The van der Waals surface area contributed by atoms with E-state index < -0.39 is 0 Å². The van der Waals surface area contributed by atoms with Crippen molar-refractivity contribution in [1.29, 1.82) is 0 Å². The molecule has 0 fully saturated rings. The first-order valence-corrected chi connectivity index (χ1v) is 6.49. The van der Waals surface area contributed by atoms with E-state index in [2.05, 4.69) is 4.98 Å². The fraction of sp³-hybridized carbons (Fsp3) is 0.118. The average Bonchev–Trinajstić information content (AvgIpc) is 2.82. The van der Waals surface area contributed by atoms with Gasteiger partial charge in [0.25, 0.3) is 0 Å². The summed E-state index contributed by atoms with van der Waals surface area (Å²) in [7, 11) is 0. The van der Waals surface area contributed by atoms with Gasteiger partial charge >= 0.3 is 0 Å². The van der Waals surface area contributed by atoms with Gasteiger partial charge in [0.15, 0.2) is 5.78 Å². The van der Waals surface area contributed by atoms with E-state index in [4.69, 9.17) is 0 Å². The second-order valence-electron chi connectivity index (χ2n) is 4.96. The number of carbonyl (C=O) groups is 1. The Balaban J connectivity index is 1.92. The topological polar surface area (TPSA) is 32.9 Å². The average molecular weight is 267 g/mol. The van der Waals surface area contributed by atoms with Crippen LogP contribution in [0.5, 0.6) is 0 Å². The van der Waals surface area contributed by atoms with Crippen molar-refractivity contribution in [1.82, 2.24) is 4.98 Å². The lowest BCUT2D eigenvalue weighted by Crippen LogP contribution is -1.89. The Labute approximate surface area is 116 Å². The Bertz CT molecular complexity index is 771. The fourth-order valence-electron chi connectivity index (χ4n) is 2.33. The van der Waals surface area contributed by atoms with Crippen LogP contribution in [0.15, 0.2) is 48.5 Å². The zero-order valence-electron chi connectivity index (χ0n) is 11.1. The van der Waals surface area contributed by atoms with E-state index in [1.165, 1.54) is 12.1 Å². The van der Waals surface area contributed by atoms with E-state index in [9.17, 15) is 9.18 Å². The molecule has 0 radical (unpaired) electrons. The molecule has 1 aromatic heterocycles. The minimum atomic E-state index is -0.225. The third kappa shape index (κ3) is 2.48. The van der Waals surface area contributed by atoms with Gasteiger partial charge in [0.2, 0.25) is 0 Å². The fourth-order valence-corrected chi connectivity index (χ4v) is 2.33. The molecule has 3 rings (SSSR count). The summed E-state index contributed by atoms with van der Waals surface area (Å²) in [5.41, 5.74) is 3.81. The number of carbonyl (C=O) groups excluding carboxylic acids is 1. The van der Waals surface area contributed by atoms with Crippen LogP contribution in [0.4, 0.5) is 4.39 Å². The molecule has 0 aliphatic heterocycles. The van der Waals surface area contributed by atoms with Gasteiger partial charge in [0.1, 0.15) is 5.82 Å². The summed E-state index contributed by atoms with van der Waals surface area (Å²) in [6.45, 7) is 1.56. The quantitative estimate of drug-likeness (QED) is 0.712. The minimum Gasteiger partial charge on any atom is -0.358 e. The molecule has 0 atom stereocenters. The third-order valence-electron chi connectivity index (χ3n) is 3.39. The summed E-state index contributed by atoms with van der Waals surface area (Å²) in [5, 5.41) is 1.02. The van der Waals surface area contributed by atoms with Crippen LogP contribution in [0.25, 0.3) is 10.9 Å². The van der Waals surface area contributed by atoms with Crippen LogP contribution in [-0.4, -0.2) is 10.8 Å². The maximum absolute atomic E-state index is 12.9. The molecule has 1 N–H and O–H groups in total. The number of aromatic amines is 1. The molecular formula is C17H14FNO. The van der Waals surface area contributed by atoms with E-state index in [1.807, 2.05) is 24.3 Å². The molecule has 100 valence electrons. The summed E-state index contributed by atoms with van der Waals surface area (Å²) < 4.78 is 12.9. The van der Waals surface area contributed by atoms with Crippen molar-refractivity contribution in [3.8, 4) is 0 Å². The number of fused-ring (bicyclic) bond motifs is 1. The lowest BCUT2D eigenvalue weighted by Gasteiger charge is -1.98. The van der Waals surface area contributed by atoms with Crippen molar-refractivity contribution in [2.75, 3.05) is 0 Å². The first kappa shape index (κ1) is 12.6. The highest BCUT2D eigenvalue weighted by molar-refractivity contribution is 5.98. The highest BCUT2D eigenvalue weighted by atomic mass is 19.1. The zero-order chi connectivity index (χ0) is 14.1. The van der Waals surface area contributed by atoms with Crippen LogP contribution in [0.3, 0.4) is 0 Å². The van der Waals surface area contributed by atoms with Crippen molar-refractivity contribution in [3.63, 3.8) is 0 Å². The number of hydrogen-bond donors (Lipinski definition) is 1. The summed E-state index contributed by atoms with van der Waals surface area (Å²) in [5.74, 6) is -0.162. The normalized spacial score (nSPS) is 10.9. The molecule has 0 aliphatic rings. The molecule has 3 aromatic rings. The lowest BCUT2D eigenvalue weighted by atomic mass is 10.1. The van der Waals surface area contributed by atoms with Crippen LogP contribution < -0.4 is 0 Å². The maximum Gasteiger partial charge on any atom is 0.159 e. The van der Waals surface area contributed by atoms with Gasteiger partial charge in [-0.05, 0) is 48.9 Å². The lowest BCUT2D eigenvalue weighted by molar-refractivity contribution is 0.101. The Morgan fingerprint density at radius 3 is 2.55 bits per heavy atom. The predicted molar refractivity (Wildman–Crippen MR) is 77.5 cm³/mol. The molecule has 0 saturated heterocycles. The number of rotatable bonds is 3. The summed E-state index contributed by atoms with van der Waals surface area (Å²) in [4.78, 5) is 14.7. The number of aromatic nitrogens is 1. The van der Waals surface area contributed by atoms with E-state index in [-0.39, 0.29) is 11.6 Å². The highest BCUT2D eigenvalue weighted by Crippen LogP contribution is 2.19. The van der Waals surface area contributed by atoms with Crippen LogP contribution >= 0.6 is 0 Å². The van der Waals surface area contributed by atoms with Crippen molar-refractivity contribution in [2.24, 2.45) is 0 Å². The van der Waals surface area contributed by atoms with Gasteiger partial charge in [-0.1, -0.05) is 12.1 Å². The van der Waals surface area contributed by atoms with Gasteiger partial charge in [0, 0.05) is 28.6 Å². The molecule has 1 heterocycles. The Morgan fingerprint density at radius 1 is 1.10 bits per heavy atom. The van der Waals surface area contributed by atoms with Crippen LogP contribution in [0.1, 0.15) is 28.5 Å². The van der Waals surface area contributed by atoms with Gasteiger partial charge in [-0.3, -0.25) is 4.79 Å². The second kappa shape index (κ2) is 4.93. The van der Waals surface area contributed by atoms with E-state index in [1.54, 1.807) is 19.1 Å². The first-order valence-electron chi connectivity index (χ1n) is 6.49. The Kier molecular flexibility index (Phi) is 3.11. The maximum atomic E-state index is 12.9. The summed E-state index contributed by atoms with van der Waals surface area (Å²) in [6.07, 6.45) is 0.713. The first-order chi connectivity index (χ1) is 9.61. The molecule has 2 nitrogen and oxygen atoms in total. The summed E-state index contributed by atoms with van der Waals surface area (Å²) in [6, 6.07) is 14.2. The van der Waals surface area contributed by atoms with E-state index >= 15 is 0 Å². The SMILES string of the molecule is CC(=O)c1ccc2[nH]c(Cc3ccc(F)cc3)cc2c1. The molecule has 0 unspecified atom stereocenters. The molecule has 0 spiro atoms. The van der Waals surface area contributed by atoms with Crippen molar-refractivity contribution < 1.29 is 9.18 Å². The number of Topliss-reactive ketones (excluding diaryl/α,β-unsaturated/α-hetero) is 1. The number of benzene rings is 2. The predicted octanol–water partition coefficient (Wildman–Crippen LogP) is 4.10. The van der Waals surface area contributed by atoms with Gasteiger partial charge in [0.05, 0.1) is 0 Å². The van der Waals surface area contributed by atoms with Gasteiger partial charge < -0.3 is 4.98 Å². The van der Waals surface area contributed by atoms with Gasteiger partial charge in [-0.2, -0.15) is 0 Å². The molecule has 0 saturated carbocycles. The molecule has 0 bridgehead atoms. The van der Waals surface area contributed by atoms with Crippen molar-refractivity contribution in [2.45, 2.75) is 13.3 Å². The van der Waals surface area contributed by atoms with Crippen LogP contribution in [-0.2, 0) is 6.42 Å². The molecule has 0 amide bonds. The molecule has 2 aromatic carbocycles. The van der Waals surface area contributed by atoms with Crippen molar-refractivity contribution >= 4 is 16.7 Å². The standard InChI is InChI=1S/C17H14FNO/c1-11(20)13-4-7-17-14(9-13)10-16(19-17)8-12-2-5-15(18)6-3-12/h2-7,9-10,19H,8H2,1H3. The Morgan fingerprint density at radius 2 is 1.85 bits per heavy atom. The summed E-state index contributed by atoms with van der Waals surface area (Å²) >= 11 is 0. The third-order valence-corrected chi connectivity index (χ3v) is 3.39. The number of halogens is 1. The van der Waals surface area contributed by atoms with Crippen LogP contribution in [0, 0.1) is 5.82 Å². The molecule has 0 aliphatic carbocycles. The van der Waals surface area contributed by atoms with Gasteiger partial charge in [-0.25, -0.2) is 4.39 Å². The molecule has 20 heavy (non-hydrogen) atoms. The monoisotopic (exact) mass is 267 g/mol. The van der Waals surface area contributed by atoms with Gasteiger partial charge in [-0.15, -0.1) is 0 Å². The smallest absolute Gasteiger partial charge is 0.159 e. The minimum absolute atomic E-state index is 0.0631. The number of ketones is 1. The van der Waals surface area contributed by atoms with Crippen LogP contribution in [0.2, 0.25) is 0 Å². The molecular weight excluding hydrogens is 253 g/mol. The number of hydrogen-bond acceptors (Lipinski definition) is 1. The van der Waals surface area contributed by atoms with E-state index in [0.717, 1.165) is 22.2 Å². The second-order valence-corrected chi connectivity index (χ2v) is 4.96. The Hall–Kier alpha value is -2.42. The van der Waals surface area contributed by atoms with Crippen molar-refractivity contribution in [3.05, 3.63) is 71.2 Å².